The zero-order valence-electron chi connectivity index (χ0n) is 9.12. The third kappa shape index (κ3) is 11.0. The van der Waals surface area contributed by atoms with Crippen molar-refractivity contribution in [1.82, 2.24) is 0 Å². The van der Waals surface area contributed by atoms with E-state index in [4.69, 9.17) is 6.42 Å². The lowest BCUT2D eigenvalue weighted by Crippen LogP contribution is -2.11. The molecule has 0 N–H and O–H groups in total. The second kappa shape index (κ2) is 7.34. The fourth-order valence-corrected chi connectivity index (χ4v) is 1.52. The first kappa shape index (κ1) is 14.0. The maximum atomic E-state index is 10.7. The van der Waals surface area contributed by atoms with E-state index in [9.17, 15) is 8.42 Å². The van der Waals surface area contributed by atoms with Crippen molar-refractivity contribution in [3.05, 3.63) is 0 Å². The summed E-state index contributed by atoms with van der Waals surface area (Å²) in [5, 5.41) is 0. The summed E-state index contributed by atoms with van der Waals surface area (Å²) in [6, 6.07) is 0. The maximum Gasteiger partial charge on any atom is 0.265 e. The van der Waals surface area contributed by atoms with Gasteiger partial charge in [-0.1, -0.05) is 5.92 Å². The third-order valence-electron chi connectivity index (χ3n) is 1.50. The molecule has 0 rings (SSSR count). The summed E-state index contributed by atoms with van der Waals surface area (Å²) in [6.07, 6.45) is 8.89. The number of hydrogen-bond donors (Lipinski definition) is 0. The van der Waals surface area contributed by atoms with Crippen LogP contribution in [0.3, 0.4) is 0 Å². The second-order valence-corrected chi connectivity index (χ2v) is 4.78. The SMILES string of the molecule is C#CCCCCC#C[C@@H](C)OS(C)(=O)=O. The van der Waals surface area contributed by atoms with E-state index in [1.807, 2.05) is 0 Å². The molecule has 1 atom stereocenters. The Morgan fingerprint density at radius 2 is 1.93 bits per heavy atom. The summed E-state index contributed by atoms with van der Waals surface area (Å²) in [5.41, 5.74) is 0. The van der Waals surface area contributed by atoms with E-state index in [0.717, 1.165) is 31.9 Å². The Kier molecular flexibility index (Phi) is 6.86. The highest BCUT2D eigenvalue weighted by molar-refractivity contribution is 7.86. The molecular formula is C11H16O3S. The average molecular weight is 228 g/mol. The molecule has 0 spiro atoms. The monoisotopic (exact) mass is 228 g/mol. The second-order valence-electron chi connectivity index (χ2n) is 3.17. The van der Waals surface area contributed by atoms with E-state index < -0.39 is 16.2 Å². The summed E-state index contributed by atoms with van der Waals surface area (Å²) in [6.45, 7) is 1.61. The van der Waals surface area contributed by atoms with Gasteiger partial charge in [-0.2, -0.15) is 8.42 Å². The lowest BCUT2D eigenvalue weighted by atomic mass is 10.2. The van der Waals surface area contributed by atoms with Crippen molar-refractivity contribution in [2.75, 3.05) is 6.26 Å². The zero-order valence-corrected chi connectivity index (χ0v) is 9.93. The number of terminal acetylenes is 1. The van der Waals surface area contributed by atoms with Crippen molar-refractivity contribution in [3.63, 3.8) is 0 Å². The van der Waals surface area contributed by atoms with Crippen LogP contribution < -0.4 is 0 Å². The lowest BCUT2D eigenvalue weighted by molar-refractivity contribution is 0.286. The van der Waals surface area contributed by atoms with Crippen LogP contribution in [0, 0.1) is 24.2 Å². The summed E-state index contributed by atoms with van der Waals surface area (Å²) >= 11 is 0. The largest absolute Gasteiger partial charge is 0.265 e. The van der Waals surface area contributed by atoms with Crippen LogP contribution in [0.25, 0.3) is 0 Å². The molecule has 0 saturated heterocycles. The molecule has 0 fully saturated rings. The Morgan fingerprint density at radius 1 is 1.33 bits per heavy atom. The first-order valence-electron chi connectivity index (χ1n) is 4.76. The molecule has 4 heteroatoms. The van der Waals surface area contributed by atoms with Crippen LogP contribution >= 0.6 is 0 Å². The average Bonchev–Trinajstić information content (AvgIpc) is 2.08. The van der Waals surface area contributed by atoms with E-state index in [1.165, 1.54) is 0 Å². The van der Waals surface area contributed by atoms with Gasteiger partial charge in [-0.05, 0) is 19.8 Å². The summed E-state index contributed by atoms with van der Waals surface area (Å²) < 4.78 is 26.0. The van der Waals surface area contributed by atoms with Crippen molar-refractivity contribution >= 4 is 10.1 Å². The van der Waals surface area contributed by atoms with E-state index in [2.05, 4.69) is 21.9 Å². The van der Waals surface area contributed by atoms with Gasteiger partial charge in [0, 0.05) is 12.8 Å². The zero-order chi connectivity index (χ0) is 11.7. The Bertz CT molecular complexity index is 365. The molecule has 0 aliphatic carbocycles. The van der Waals surface area contributed by atoms with Gasteiger partial charge in [0.2, 0.25) is 0 Å². The Balaban J connectivity index is 3.73. The predicted molar refractivity (Wildman–Crippen MR) is 60.5 cm³/mol. The third-order valence-corrected chi connectivity index (χ3v) is 2.14. The van der Waals surface area contributed by atoms with Crippen molar-refractivity contribution in [2.45, 2.75) is 38.7 Å². The Hall–Kier alpha value is -0.970. The van der Waals surface area contributed by atoms with Crippen LogP contribution in [-0.4, -0.2) is 20.8 Å². The molecule has 0 aromatic heterocycles. The minimum absolute atomic E-state index is 0.576. The summed E-state index contributed by atoms with van der Waals surface area (Å²) in [4.78, 5) is 0. The van der Waals surface area contributed by atoms with Gasteiger partial charge in [0.05, 0.1) is 6.26 Å². The molecule has 0 amide bonds. The highest BCUT2D eigenvalue weighted by Gasteiger charge is 2.06. The van der Waals surface area contributed by atoms with Crippen LogP contribution in [0.4, 0.5) is 0 Å². The summed E-state index contributed by atoms with van der Waals surface area (Å²) in [5.74, 6) is 8.12. The van der Waals surface area contributed by atoms with Gasteiger partial charge < -0.3 is 0 Å². The molecule has 15 heavy (non-hydrogen) atoms. The van der Waals surface area contributed by atoms with E-state index >= 15 is 0 Å². The van der Waals surface area contributed by atoms with Gasteiger partial charge in [-0.3, -0.25) is 4.18 Å². The first-order chi connectivity index (χ1) is 6.95. The molecule has 0 bridgehead atoms. The fourth-order valence-electron chi connectivity index (χ4n) is 0.943. The van der Waals surface area contributed by atoms with Crippen molar-refractivity contribution in [3.8, 4) is 24.2 Å². The number of unbranched alkanes of at least 4 members (excludes halogenated alkanes) is 3. The predicted octanol–water partition coefficient (Wildman–Crippen LogP) is 1.55. The van der Waals surface area contributed by atoms with Crippen molar-refractivity contribution < 1.29 is 12.6 Å². The molecule has 0 heterocycles. The maximum absolute atomic E-state index is 10.7. The van der Waals surface area contributed by atoms with Gasteiger partial charge >= 0.3 is 0 Å². The molecular weight excluding hydrogens is 212 g/mol. The molecule has 0 saturated carbocycles. The van der Waals surface area contributed by atoms with Crippen molar-refractivity contribution in [1.29, 1.82) is 0 Å². The first-order valence-corrected chi connectivity index (χ1v) is 6.57. The molecule has 84 valence electrons. The highest BCUT2D eigenvalue weighted by atomic mass is 32.2. The highest BCUT2D eigenvalue weighted by Crippen LogP contribution is 1.98. The quantitative estimate of drug-likeness (QED) is 0.407. The molecule has 0 radical (unpaired) electrons. The standard InChI is InChI=1S/C11H16O3S/c1-4-5-6-7-8-9-10-11(2)14-15(3,12)13/h1,11H,5-8H2,2-3H3/t11-/m1/s1. The fraction of sp³-hybridized carbons (Fsp3) is 0.636. The van der Waals surface area contributed by atoms with E-state index in [0.29, 0.717) is 0 Å². The molecule has 0 aliphatic heterocycles. The molecule has 3 nitrogen and oxygen atoms in total. The smallest absolute Gasteiger partial charge is 0.254 e. The van der Waals surface area contributed by atoms with Crippen LogP contribution in [0.15, 0.2) is 0 Å². The van der Waals surface area contributed by atoms with Gasteiger partial charge in [0.15, 0.2) is 0 Å². The Morgan fingerprint density at radius 3 is 2.47 bits per heavy atom. The van der Waals surface area contributed by atoms with Gasteiger partial charge in [0.25, 0.3) is 10.1 Å². The molecule has 0 aromatic carbocycles. The topological polar surface area (TPSA) is 43.4 Å². The van der Waals surface area contributed by atoms with Gasteiger partial charge in [-0.25, -0.2) is 0 Å². The van der Waals surface area contributed by atoms with Gasteiger partial charge in [0.1, 0.15) is 6.10 Å². The molecule has 0 aromatic rings. The number of hydrogen-bond acceptors (Lipinski definition) is 3. The van der Waals surface area contributed by atoms with Crippen LogP contribution in [0.5, 0.6) is 0 Å². The van der Waals surface area contributed by atoms with Crippen molar-refractivity contribution in [2.24, 2.45) is 0 Å². The summed E-state index contributed by atoms with van der Waals surface area (Å²) in [7, 11) is -3.40. The minimum atomic E-state index is -3.40. The molecule has 0 unspecified atom stereocenters. The van der Waals surface area contributed by atoms with Crippen LogP contribution in [0.1, 0.15) is 32.6 Å². The number of rotatable bonds is 5. The molecule has 0 aliphatic rings. The van der Waals surface area contributed by atoms with Crippen LogP contribution in [-0.2, 0) is 14.3 Å². The van der Waals surface area contributed by atoms with Gasteiger partial charge in [-0.15, -0.1) is 18.3 Å². The normalized spacial score (nSPS) is 12.3. The van der Waals surface area contributed by atoms with E-state index in [1.54, 1.807) is 6.92 Å². The lowest BCUT2D eigenvalue weighted by Gasteiger charge is -2.02. The Labute approximate surface area is 92.3 Å². The van der Waals surface area contributed by atoms with E-state index in [-0.39, 0.29) is 0 Å². The minimum Gasteiger partial charge on any atom is -0.254 e. The van der Waals surface area contributed by atoms with Crippen LogP contribution in [0.2, 0.25) is 0 Å².